The number of benzene rings is 7. The molecule has 224 valence electrons. The Kier molecular flexibility index (Phi) is 6.84. The van der Waals surface area contributed by atoms with E-state index in [0.717, 1.165) is 72.3 Å². The highest BCUT2D eigenvalue weighted by atomic mass is 14.7. The summed E-state index contributed by atoms with van der Waals surface area (Å²) >= 11 is 0. The number of hydrogen-bond donors (Lipinski definition) is 0. The molecule has 9 rings (SSSR count). The number of pyridine rings is 2. The fourth-order valence-corrected chi connectivity index (χ4v) is 6.92. The Morgan fingerprint density at radius 1 is 0.312 bits per heavy atom. The largest absolute Gasteiger partial charge is 0.248 e. The standard InChI is InChI=1S/C46H30N2/c1-4-14-31(15-5-1)39-24-13-25-40-44-38-23-11-10-16-32(38)26-27-41(44)45(48-46(39)40)36-22-12-21-35(28-36)37-29-42(33-17-6-2-7-18-33)47-43(30-37)34-19-8-3-9-20-34/h1-30H. The minimum absolute atomic E-state index is 0.950. The maximum absolute atomic E-state index is 5.51. The summed E-state index contributed by atoms with van der Waals surface area (Å²) in [6.07, 6.45) is 0. The number of aromatic nitrogens is 2. The van der Waals surface area contributed by atoms with Gasteiger partial charge >= 0.3 is 0 Å². The normalized spacial score (nSPS) is 11.3. The van der Waals surface area contributed by atoms with Crippen LogP contribution in [0.4, 0.5) is 0 Å². The van der Waals surface area contributed by atoms with Gasteiger partial charge in [-0.15, -0.1) is 0 Å². The van der Waals surface area contributed by atoms with Gasteiger partial charge in [-0.05, 0) is 45.7 Å². The first-order chi connectivity index (χ1) is 23.8. The minimum Gasteiger partial charge on any atom is -0.248 e. The van der Waals surface area contributed by atoms with Crippen LogP contribution in [0.1, 0.15) is 0 Å². The molecule has 0 unspecified atom stereocenters. The number of rotatable bonds is 5. The summed E-state index contributed by atoms with van der Waals surface area (Å²) in [5.74, 6) is 0. The SMILES string of the molecule is c1ccc(-c2cc(-c3cccc(-c4nc5c(-c6ccccc6)cccc5c5c4ccc4ccccc45)c3)cc(-c3ccccc3)n2)cc1. The van der Waals surface area contributed by atoms with E-state index in [4.69, 9.17) is 9.97 Å². The van der Waals surface area contributed by atoms with Gasteiger partial charge in [0.15, 0.2) is 0 Å². The monoisotopic (exact) mass is 610 g/mol. The Hall–Kier alpha value is -6.38. The molecule has 0 radical (unpaired) electrons. The molecule has 2 nitrogen and oxygen atoms in total. The highest BCUT2D eigenvalue weighted by molar-refractivity contribution is 6.24. The van der Waals surface area contributed by atoms with Crippen molar-refractivity contribution in [2.75, 3.05) is 0 Å². The molecule has 0 aliphatic rings. The third-order valence-corrected chi connectivity index (χ3v) is 9.23. The Morgan fingerprint density at radius 2 is 0.875 bits per heavy atom. The first-order valence-electron chi connectivity index (χ1n) is 16.3. The average molecular weight is 611 g/mol. The van der Waals surface area contributed by atoms with Crippen molar-refractivity contribution in [3.05, 3.63) is 182 Å². The number of nitrogens with zero attached hydrogens (tertiary/aromatic N) is 2. The fourth-order valence-electron chi connectivity index (χ4n) is 6.92. The molecule has 0 saturated heterocycles. The van der Waals surface area contributed by atoms with Crippen LogP contribution < -0.4 is 0 Å². The zero-order chi connectivity index (χ0) is 31.9. The van der Waals surface area contributed by atoms with E-state index >= 15 is 0 Å². The molecular weight excluding hydrogens is 581 g/mol. The van der Waals surface area contributed by atoms with Gasteiger partial charge in [0, 0.05) is 38.4 Å². The van der Waals surface area contributed by atoms with Crippen LogP contribution in [0.15, 0.2) is 182 Å². The van der Waals surface area contributed by atoms with Crippen LogP contribution in [0.5, 0.6) is 0 Å². The van der Waals surface area contributed by atoms with Crippen LogP contribution in [0.2, 0.25) is 0 Å². The number of fused-ring (bicyclic) bond motifs is 5. The van der Waals surface area contributed by atoms with Gasteiger partial charge in [-0.1, -0.05) is 164 Å². The lowest BCUT2D eigenvalue weighted by atomic mass is 9.92. The number of hydrogen-bond acceptors (Lipinski definition) is 2. The van der Waals surface area contributed by atoms with Gasteiger partial charge in [-0.2, -0.15) is 0 Å². The molecule has 9 aromatic rings. The minimum atomic E-state index is 0.950. The summed E-state index contributed by atoms with van der Waals surface area (Å²) < 4.78 is 0. The molecular formula is C46H30N2. The second-order valence-corrected chi connectivity index (χ2v) is 12.2. The van der Waals surface area contributed by atoms with Gasteiger partial charge in [0.1, 0.15) is 0 Å². The van der Waals surface area contributed by atoms with Crippen LogP contribution in [-0.4, -0.2) is 9.97 Å². The van der Waals surface area contributed by atoms with E-state index in [1.807, 2.05) is 12.1 Å². The van der Waals surface area contributed by atoms with Crippen molar-refractivity contribution in [2.24, 2.45) is 0 Å². The van der Waals surface area contributed by atoms with Crippen molar-refractivity contribution < 1.29 is 0 Å². The van der Waals surface area contributed by atoms with E-state index in [2.05, 4.69) is 170 Å². The van der Waals surface area contributed by atoms with Crippen LogP contribution in [0.25, 0.3) is 88.5 Å². The van der Waals surface area contributed by atoms with Crippen molar-refractivity contribution in [3.63, 3.8) is 0 Å². The molecule has 0 spiro atoms. The van der Waals surface area contributed by atoms with E-state index in [9.17, 15) is 0 Å². The maximum Gasteiger partial charge on any atom is 0.0794 e. The van der Waals surface area contributed by atoms with Gasteiger partial charge in [-0.3, -0.25) is 0 Å². The second kappa shape index (κ2) is 11.8. The molecule has 0 bridgehead atoms. The Morgan fingerprint density at radius 3 is 1.58 bits per heavy atom. The van der Waals surface area contributed by atoms with Crippen molar-refractivity contribution >= 4 is 32.4 Å². The Labute approximate surface area is 279 Å². The summed E-state index contributed by atoms with van der Waals surface area (Å²) in [5, 5.41) is 6.00. The van der Waals surface area contributed by atoms with Crippen molar-refractivity contribution in [1.29, 1.82) is 0 Å². The lowest BCUT2D eigenvalue weighted by Gasteiger charge is -2.16. The first-order valence-corrected chi connectivity index (χ1v) is 16.3. The van der Waals surface area contributed by atoms with Crippen molar-refractivity contribution in [1.82, 2.24) is 9.97 Å². The van der Waals surface area contributed by atoms with E-state index in [0.29, 0.717) is 0 Å². The van der Waals surface area contributed by atoms with Crippen LogP contribution in [0.3, 0.4) is 0 Å². The molecule has 0 aliphatic carbocycles. The molecule has 0 amide bonds. The lowest BCUT2D eigenvalue weighted by Crippen LogP contribution is -1.94. The smallest absolute Gasteiger partial charge is 0.0794 e. The highest BCUT2D eigenvalue weighted by Gasteiger charge is 2.17. The van der Waals surface area contributed by atoms with E-state index in [1.54, 1.807) is 0 Å². The summed E-state index contributed by atoms with van der Waals surface area (Å²) in [7, 11) is 0. The predicted molar refractivity (Wildman–Crippen MR) is 202 cm³/mol. The zero-order valence-electron chi connectivity index (χ0n) is 26.2. The Balaban J connectivity index is 1.30. The van der Waals surface area contributed by atoms with E-state index < -0.39 is 0 Å². The Bertz CT molecular complexity index is 2530. The van der Waals surface area contributed by atoms with Crippen molar-refractivity contribution in [2.45, 2.75) is 0 Å². The molecule has 2 heterocycles. The molecule has 7 aromatic carbocycles. The topological polar surface area (TPSA) is 25.8 Å². The molecule has 0 fully saturated rings. The third-order valence-electron chi connectivity index (χ3n) is 9.23. The van der Waals surface area contributed by atoms with Gasteiger partial charge in [0.05, 0.1) is 22.6 Å². The van der Waals surface area contributed by atoms with Crippen LogP contribution in [-0.2, 0) is 0 Å². The molecule has 0 saturated carbocycles. The first kappa shape index (κ1) is 27.9. The average Bonchev–Trinajstić information content (AvgIpc) is 3.18. The molecule has 2 heteroatoms. The van der Waals surface area contributed by atoms with Gasteiger partial charge in [-0.25, -0.2) is 9.97 Å². The third kappa shape index (κ3) is 4.92. The van der Waals surface area contributed by atoms with Gasteiger partial charge in [0.25, 0.3) is 0 Å². The van der Waals surface area contributed by atoms with Crippen molar-refractivity contribution in [3.8, 4) is 56.0 Å². The quantitative estimate of drug-likeness (QED) is 0.181. The predicted octanol–water partition coefficient (Wildman–Crippen LogP) is 12.3. The second-order valence-electron chi connectivity index (χ2n) is 12.2. The molecule has 0 atom stereocenters. The fraction of sp³-hybridized carbons (Fsp3) is 0. The molecule has 0 aliphatic heterocycles. The summed E-state index contributed by atoms with van der Waals surface area (Å²) in [6, 6.07) is 64.4. The molecule has 2 aromatic heterocycles. The summed E-state index contributed by atoms with van der Waals surface area (Å²) in [4.78, 5) is 10.6. The zero-order valence-corrected chi connectivity index (χ0v) is 26.2. The molecule has 48 heavy (non-hydrogen) atoms. The van der Waals surface area contributed by atoms with E-state index in [1.165, 1.54) is 16.2 Å². The highest BCUT2D eigenvalue weighted by Crippen LogP contribution is 2.41. The summed E-state index contributed by atoms with van der Waals surface area (Å²) in [5.41, 5.74) is 11.7. The van der Waals surface area contributed by atoms with Crippen LogP contribution in [0, 0.1) is 0 Å². The van der Waals surface area contributed by atoms with Gasteiger partial charge in [0.2, 0.25) is 0 Å². The van der Waals surface area contributed by atoms with Crippen LogP contribution >= 0.6 is 0 Å². The summed E-state index contributed by atoms with van der Waals surface area (Å²) in [6.45, 7) is 0. The van der Waals surface area contributed by atoms with Gasteiger partial charge < -0.3 is 0 Å². The lowest BCUT2D eigenvalue weighted by molar-refractivity contribution is 1.32. The molecule has 0 N–H and O–H groups in total. The number of para-hydroxylation sites is 1. The maximum atomic E-state index is 5.51. The van der Waals surface area contributed by atoms with E-state index in [-0.39, 0.29) is 0 Å².